The smallest absolute Gasteiger partial charge is 0.408 e. The maximum absolute atomic E-state index is 13.6. The van der Waals surface area contributed by atoms with Crippen molar-refractivity contribution in [2.75, 3.05) is 38.3 Å². The Morgan fingerprint density at radius 1 is 0.780 bits per heavy atom. The number of aliphatic hydroxyl groups excluding tert-OH is 1. The number of aliphatic hydroxyl groups is 1. The van der Waals surface area contributed by atoms with Gasteiger partial charge in [-0.05, 0) is 41.3 Å². The lowest BCUT2D eigenvalue weighted by atomic mass is 9.99. The highest BCUT2D eigenvalue weighted by Crippen LogP contribution is 2.19. The van der Waals surface area contributed by atoms with E-state index in [1.54, 1.807) is 36.4 Å². The van der Waals surface area contributed by atoms with Gasteiger partial charge >= 0.3 is 12.1 Å². The highest BCUT2D eigenvalue weighted by Gasteiger charge is 2.30. The average Bonchev–Trinajstić information content (AvgIpc) is 3.12. The lowest BCUT2D eigenvalue weighted by Crippen LogP contribution is -2.50. The molecule has 0 heterocycles. The average molecular weight is 689 g/mol. The Hall–Kier alpha value is -5.53. The standard InChI is InChI=1S/C37H44N4O9/c1-3-10-29(23-33(43)38-18-20-48-21-19-42)34(44)40-32(35(45)39-30-17-16-27-14-8-9-15-28(27)22-30)25-49-36(46)31(11-4-2)41-37(47)50-24-26-12-6-5-7-13-26/h3-9,12-17,22,29,31-32,42H,1-2,10-11,18-21,23-25H2,(H,38,43)(H,39,45)(H,40,44)(H,41,47)/t29-,31-,32+/m1/s1. The molecule has 0 aliphatic rings. The number of nitrogens with one attached hydrogen (secondary N) is 4. The number of allylic oxidation sites excluding steroid dienone is 1. The van der Waals surface area contributed by atoms with Crippen LogP contribution in [0.2, 0.25) is 0 Å². The number of hydrogen-bond donors (Lipinski definition) is 5. The molecule has 5 N–H and O–H groups in total. The van der Waals surface area contributed by atoms with Crippen LogP contribution >= 0.6 is 0 Å². The Balaban J connectivity index is 1.70. The summed E-state index contributed by atoms with van der Waals surface area (Å²) in [5.74, 6) is -3.53. The van der Waals surface area contributed by atoms with Crippen molar-refractivity contribution in [1.29, 1.82) is 0 Å². The summed E-state index contributed by atoms with van der Waals surface area (Å²) in [6.45, 7) is 7.03. The first-order chi connectivity index (χ1) is 24.2. The third-order valence-electron chi connectivity index (χ3n) is 7.29. The molecule has 0 aromatic heterocycles. The highest BCUT2D eigenvalue weighted by atomic mass is 16.6. The number of anilines is 1. The van der Waals surface area contributed by atoms with Crippen LogP contribution in [0.25, 0.3) is 10.8 Å². The van der Waals surface area contributed by atoms with Crippen molar-refractivity contribution in [1.82, 2.24) is 16.0 Å². The lowest BCUT2D eigenvalue weighted by molar-refractivity contribution is -0.148. The van der Waals surface area contributed by atoms with Crippen LogP contribution in [0.3, 0.4) is 0 Å². The molecule has 13 nitrogen and oxygen atoms in total. The van der Waals surface area contributed by atoms with E-state index in [0.717, 1.165) is 16.3 Å². The van der Waals surface area contributed by atoms with E-state index in [2.05, 4.69) is 34.4 Å². The summed E-state index contributed by atoms with van der Waals surface area (Å²) in [6, 6.07) is 19.3. The number of amides is 4. The van der Waals surface area contributed by atoms with Gasteiger partial charge in [0.15, 0.2) is 0 Å². The third-order valence-corrected chi connectivity index (χ3v) is 7.29. The molecule has 3 aromatic carbocycles. The molecule has 3 rings (SSSR count). The van der Waals surface area contributed by atoms with E-state index >= 15 is 0 Å². The number of rotatable bonds is 21. The largest absolute Gasteiger partial charge is 0.461 e. The second kappa shape index (κ2) is 21.4. The topological polar surface area (TPSA) is 181 Å². The van der Waals surface area contributed by atoms with Crippen molar-refractivity contribution in [3.63, 3.8) is 0 Å². The van der Waals surface area contributed by atoms with Crippen molar-refractivity contribution in [3.8, 4) is 0 Å². The van der Waals surface area contributed by atoms with Gasteiger partial charge in [0.1, 0.15) is 25.3 Å². The molecule has 0 bridgehead atoms. The number of alkyl carbamates (subject to hydrolysis) is 1. The maximum atomic E-state index is 13.6. The van der Waals surface area contributed by atoms with Crippen LogP contribution < -0.4 is 21.3 Å². The zero-order chi connectivity index (χ0) is 36.1. The zero-order valence-corrected chi connectivity index (χ0v) is 27.8. The van der Waals surface area contributed by atoms with Gasteiger partial charge in [-0.25, -0.2) is 9.59 Å². The second-order valence-electron chi connectivity index (χ2n) is 11.1. The second-order valence-corrected chi connectivity index (χ2v) is 11.1. The zero-order valence-electron chi connectivity index (χ0n) is 27.8. The molecule has 0 aliphatic carbocycles. The molecule has 0 fully saturated rings. The van der Waals surface area contributed by atoms with E-state index in [1.807, 2.05) is 36.4 Å². The van der Waals surface area contributed by atoms with Crippen LogP contribution in [-0.4, -0.2) is 79.9 Å². The minimum atomic E-state index is -1.38. The van der Waals surface area contributed by atoms with Crippen LogP contribution in [0.5, 0.6) is 0 Å². The molecule has 4 amide bonds. The molecule has 0 saturated heterocycles. The minimum Gasteiger partial charge on any atom is -0.461 e. The Kier molecular flexibility index (Phi) is 16.7. The van der Waals surface area contributed by atoms with Gasteiger partial charge in [-0.2, -0.15) is 0 Å². The predicted octanol–water partition coefficient (Wildman–Crippen LogP) is 3.38. The van der Waals surface area contributed by atoms with E-state index in [9.17, 15) is 24.0 Å². The maximum Gasteiger partial charge on any atom is 0.408 e. The summed E-state index contributed by atoms with van der Waals surface area (Å²) in [4.78, 5) is 65.2. The summed E-state index contributed by atoms with van der Waals surface area (Å²) in [7, 11) is 0. The van der Waals surface area contributed by atoms with Crippen LogP contribution in [-0.2, 0) is 40.0 Å². The molecule has 0 saturated carbocycles. The quantitative estimate of drug-likeness (QED) is 0.0637. The molecular weight excluding hydrogens is 644 g/mol. The number of carbonyl (C=O) groups excluding carboxylic acids is 5. The third kappa shape index (κ3) is 13.5. The van der Waals surface area contributed by atoms with Gasteiger partial charge in [0.05, 0.1) is 25.7 Å². The number of esters is 1. The number of hydrogen-bond acceptors (Lipinski definition) is 9. The fourth-order valence-electron chi connectivity index (χ4n) is 4.73. The Labute approximate surface area is 291 Å². The van der Waals surface area contributed by atoms with Gasteiger partial charge in [-0.15, -0.1) is 13.2 Å². The number of carbonyl (C=O) groups is 5. The van der Waals surface area contributed by atoms with E-state index in [1.165, 1.54) is 12.2 Å². The summed E-state index contributed by atoms with van der Waals surface area (Å²) in [6.07, 6.45) is 1.94. The van der Waals surface area contributed by atoms with Gasteiger partial charge in [0.25, 0.3) is 5.91 Å². The monoisotopic (exact) mass is 688 g/mol. The van der Waals surface area contributed by atoms with Crippen LogP contribution in [0.1, 0.15) is 24.8 Å². The first-order valence-corrected chi connectivity index (χ1v) is 16.1. The molecule has 0 spiro atoms. The Bertz CT molecular complexity index is 1600. The summed E-state index contributed by atoms with van der Waals surface area (Å²) in [5.41, 5.74) is 1.19. The van der Waals surface area contributed by atoms with Gasteiger partial charge in [0.2, 0.25) is 11.8 Å². The molecule has 13 heteroatoms. The van der Waals surface area contributed by atoms with Crippen molar-refractivity contribution in [2.45, 2.75) is 38.0 Å². The van der Waals surface area contributed by atoms with Crippen molar-refractivity contribution < 1.29 is 43.3 Å². The minimum absolute atomic E-state index is 0.00113. The van der Waals surface area contributed by atoms with Crippen LogP contribution in [0, 0.1) is 5.92 Å². The van der Waals surface area contributed by atoms with Crippen LogP contribution in [0.4, 0.5) is 10.5 Å². The number of fused-ring (bicyclic) bond motifs is 1. The van der Waals surface area contributed by atoms with Crippen molar-refractivity contribution in [2.24, 2.45) is 5.92 Å². The van der Waals surface area contributed by atoms with Crippen LogP contribution in [0.15, 0.2) is 98.1 Å². The first-order valence-electron chi connectivity index (χ1n) is 16.1. The fraction of sp³-hybridized carbons (Fsp3) is 0.324. The van der Waals surface area contributed by atoms with Crippen molar-refractivity contribution in [3.05, 3.63) is 104 Å². The van der Waals surface area contributed by atoms with Gasteiger partial charge in [0, 0.05) is 18.7 Å². The first kappa shape index (κ1) is 38.9. The molecule has 0 aliphatic heterocycles. The SMILES string of the molecule is C=CC[C@H](CC(=O)NCCOCCO)C(=O)N[C@@H](COC(=O)[C@@H](CC=C)NC(=O)OCc1ccccc1)C(=O)Nc1ccc2ccccc2c1. The predicted molar refractivity (Wildman–Crippen MR) is 188 cm³/mol. The lowest BCUT2D eigenvalue weighted by Gasteiger charge is -2.23. The highest BCUT2D eigenvalue weighted by molar-refractivity contribution is 6.00. The van der Waals surface area contributed by atoms with Gasteiger partial charge < -0.3 is 40.6 Å². The molecule has 3 aromatic rings. The summed E-state index contributed by atoms with van der Waals surface area (Å²) in [5, 5.41) is 21.1. The molecule has 3 atom stereocenters. The molecule has 266 valence electrons. The van der Waals surface area contributed by atoms with E-state index in [-0.39, 0.29) is 52.2 Å². The molecule has 0 unspecified atom stereocenters. The number of ether oxygens (including phenoxy) is 3. The van der Waals surface area contributed by atoms with Gasteiger partial charge in [-0.3, -0.25) is 14.4 Å². The molecule has 0 radical (unpaired) electrons. The molecule has 50 heavy (non-hydrogen) atoms. The van der Waals surface area contributed by atoms with Gasteiger partial charge in [-0.1, -0.05) is 72.8 Å². The van der Waals surface area contributed by atoms with Crippen molar-refractivity contribution >= 4 is 46.2 Å². The Morgan fingerprint density at radius 2 is 1.50 bits per heavy atom. The molecular formula is C37H44N4O9. The number of benzene rings is 3. The van der Waals surface area contributed by atoms with E-state index < -0.39 is 54.4 Å². The Morgan fingerprint density at radius 3 is 2.22 bits per heavy atom. The summed E-state index contributed by atoms with van der Waals surface area (Å²) < 4.78 is 15.8. The normalized spacial score (nSPS) is 12.4. The summed E-state index contributed by atoms with van der Waals surface area (Å²) >= 11 is 0. The van der Waals surface area contributed by atoms with E-state index in [4.69, 9.17) is 19.3 Å². The fourth-order valence-corrected chi connectivity index (χ4v) is 4.73. The van der Waals surface area contributed by atoms with E-state index in [0.29, 0.717) is 5.69 Å².